The molecule has 2 aromatic rings. The molecule has 1 aliphatic carbocycles. The summed E-state index contributed by atoms with van der Waals surface area (Å²) in [6, 6.07) is 14.4. The number of hydrogen-bond donors (Lipinski definition) is 2. The molecule has 3 nitrogen and oxygen atoms in total. The Balaban J connectivity index is 1.62. The number of halogens is 1. The highest BCUT2D eigenvalue weighted by Crippen LogP contribution is 2.29. The van der Waals surface area contributed by atoms with E-state index in [0.29, 0.717) is 11.6 Å². The van der Waals surface area contributed by atoms with Gasteiger partial charge in [-0.1, -0.05) is 23.7 Å². The number of phenols is 1. The number of rotatable bonds is 4. The second-order valence-corrected chi connectivity index (χ2v) is 6.19. The van der Waals surface area contributed by atoms with E-state index >= 15 is 0 Å². The molecule has 2 aromatic carbocycles. The van der Waals surface area contributed by atoms with Crippen molar-refractivity contribution >= 4 is 29.1 Å². The quantitative estimate of drug-likeness (QED) is 0.812. The van der Waals surface area contributed by atoms with Crippen LogP contribution in [-0.4, -0.2) is 17.4 Å². The number of allylic oxidation sites excluding steroid dienone is 1. The second-order valence-electron chi connectivity index (χ2n) is 5.75. The van der Waals surface area contributed by atoms with Crippen molar-refractivity contribution in [3.63, 3.8) is 0 Å². The highest BCUT2D eigenvalue weighted by Gasteiger charge is 2.28. The van der Waals surface area contributed by atoms with Gasteiger partial charge in [0.2, 0.25) is 0 Å². The minimum atomic E-state index is 0.00837. The molecule has 1 saturated carbocycles. The number of carbonyl (C=O) groups is 1. The Morgan fingerprint density at radius 2 is 1.83 bits per heavy atom. The van der Waals surface area contributed by atoms with Gasteiger partial charge >= 0.3 is 0 Å². The number of hydrogen-bond acceptors (Lipinski definition) is 3. The molecule has 118 valence electrons. The van der Waals surface area contributed by atoms with Crippen molar-refractivity contribution in [2.45, 2.75) is 12.8 Å². The monoisotopic (exact) mass is 327 g/mol. The Bertz CT molecular complexity index is 720. The molecule has 0 saturated heterocycles. The normalized spacial score (nSPS) is 19.3. The molecule has 0 aromatic heterocycles. The third kappa shape index (κ3) is 3.93. The Morgan fingerprint density at radius 1 is 1.13 bits per heavy atom. The third-order valence-electron chi connectivity index (χ3n) is 4.08. The van der Waals surface area contributed by atoms with Gasteiger partial charge < -0.3 is 10.4 Å². The molecule has 1 aliphatic rings. The lowest BCUT2D eigenvalue weighted by molar-refractivity contribution is -0.117. The average Bonchev–Trinajstić information content (AvgIpc) is 2.90. The van der Waals surface area contributed by atoms with E-state index in [1.54, 1.807) is 12.1 Å². The Morgan fingerprint density at radius 3 is 2.52 bits per heavy atom. The Labute approximate surface area is 140 Å². The number of carbonyl (C=O) groups excluding carboxylic acids is 1. The highest BCUT2D eigenvalue weighted by molar-refractivity contribution is 6.30. The Kier molecular flexibility index (Phi) is 4.68. The predicted octanol–water partition coefficient (Wildman–Crippen LogP) is 4.52. The molecule has 1 fully saturated rings. The largest absolute Gasteiger partial charge is 0.508 e. The summed E-state index contributed by atoms with van der Waals surface area (Å²) in [5.74, 6) is 0.448. The first-order valence-electron chi connectivity index (χ1n) is 7.65. The van der Waals surface area contributed by atoms with Crippen molar-refractivity contribution < 1.29 is 9.90 Å². The van der Waals surface area contributed by atoms with E-state index < -0.39 is 0 Å². The van der Waals surface area contributed by atoms with E-state index in [1.165, 1.54) is 0 Å². The van der Waals surface area contributed by atoms with Crippen molar-refractivity contribution in [1.29, 1.82) is 0 Å². The van der Waals surface area contributed by atoms with Crippen molar-refractivity contribution in [3.8, 4) is 5.75 Å². The number of ketones is 1. The maximum absolute atomic E-state index is 12.5. The summed E-state index contributed by atoms with van der Waals surface area (Å²) in [6.07, 6.45) is 3.58. The standard InChI is InChI=1S/C19H18ClNO2/c20-16-5-7-17(8-6-16)21-12-15-4-3-14(19(15)23)11-13-1-9-18(22)10-2-13/h1-2,5-11,15,21-22H,3-4,12H2/b14-11-/t15-/m0/s1. The molecule has 0 aliphatic heterocycles. The Hall–Kier alpha value is -2.26. The van der Waals surface area contributed by atoms with Crippen molar-refractivity contribution in [2.75, 3.05) is 11.9 Å². The van der Waals surface area contributed by atoms with Gasteiger partial charge in [-0.3, -0.25) is 4.79 Å². The number of anilines is 1. The van der Waals surface area contributed by atoms with Gasteiger partial charge in [-0.25, -0.2) is 0 Å². The van der Waals surface area contributed by atoms with Crippen LogP contribution >= 0.6 is 11.6 Å². The lowest BCUT2D eigenvalue weighted by atomic mass is 10.0. The number of benzene rings is 2. The van der Waals surface area contributed by atoms with Crippen molar-refractivity contribution in [1.82, 2.24) is 0 Å². The lowest BCUT2D eigenvalue weighted by Crippen LogP contribution is -2.18. The smallest absolute Gasteiger partial charge is 0.163 e. The second kappa shape index (κ2) is 6.88. The highest BCUT2D eigenvalue weighted by atomic mass is 35.5. The molecule has 0 heterocycles. The molecule has 0 radical (unpaired) electrons. The summed E-state index contributed by atoms with van der Waals surface area (Å²) in [5, 5.41) is 13.3. The minimum absolute atomic E-state index is 0.00837. The molecule has 23 heavy (non-hydrogen) atoms. The molecule has 0 spiro atoms. The topological polar surface area (TPSA) is 49.3 Å². The van der Waals surface area contributed by atoms with Crippen LogP contribution in [0.1, 0.15) is 18.4 Å². The van der Waals surface area contributed by atoms with Gasteiger partial charge in [-0.05, 0) is 66.5 Å². The van der Waals surface area contributed by atoms with E-state index in [9.17, 15) is 9.90 Å². The molecular formula is C19H18ClNO2. The molecule has 2 N–H and O–H groups in total. The minimum Gasteiger partial charge on any atom is -0.508 e. The van der Waals surface area contributed by atoms with Gasteiger partial charge in [0.05, 0.1) is 0 Å². The summed E-state index contributed by atoms with van der Waals surface area (Å²) >= 11 is 5.86. The van der Waals surface area contributed by atoms with Crippen LogP contribution < -0.4 is 5.32 Å². The summed E-state index contributed by atoms with van der Waals surface area (Å²) in [5.41, 5.74) is 2.77. The van der Waals surface area contributed by atoms with Crippen LogP contribution in [0.15, 0.2) is 54.1 Å². The molecule has 0 amide bonds. The fourth-order valence-corrected chi connectivity index (χ4v) is 2.89. The maximum Gasteiger partial charge on any atom is 0.163 e. The predicted molar refractivity (Wildman–Crippen MR) is 93.8 cm³/mol. The molecule has 4 heteroatoms. The average molecular weight is 328 g/mol. The van der Waals surface area contributed by atoms with Crippen LogP contribution in [0.2, 0.25) is 5.02 Å². The van der Waals surface area contributed by atoms with Gasteiger partial charge in [0.15, 0.2) is 5.78 Å². The van der Waals surface area contributed by atoms with E-state index in [0.717, 1.165) is 29.7 Å². The molecule has 0 unspecified atom stereocenters. The zero-order chi connectivity index (χ0) is 16.2. The van der Waals surface area contributed by atoms with Gasteiger partial charge in [0, 0.05) is 23.2 Å². The number of aromatic hydroxyl groups is 1. The first-order valence-corrected chi connectivity index (χ1v) is 8.03. The fourth-order valence-electron chi connectivity index (χ4n) is 2.76. The van der Waals surface area contributed by atoms with Crippen LogP contribution in [0.5, 0.6) is 5.75 Å². The fraction of sp³-hybridized carbons (Fsp3) is 0.211. The summed E-state index contributed by atoms with van der Waals surface area (Å²) in [4.78, 5) is 12.5. The van der Waals surface area contributed by atoms with Gasteiger partial charge in [0.25, 0.3) is 0 Å². The SMILES string of the molecule is O=C1/C(=C\c2ccc(O)cc2)CC[C@H]1CNc1ccc(Cl)cc1. The number of phenolic OH excluding ortho intramolecular Hbond substituents is 1. The molecule has 3 rings (SSSR count). The lowest BCUT2D eigenvalue weighted by Gasteiger charge is -2.10. The van der Waals surface area contributed by atoms with Gasteiger partial charge in [0.1, 0.15) is 5.75 Å². The first kappa shape index (κ1) is 15.6. The number of nitrogens with one attached hydrogen (secondary N) is 1. The van der Waals surface area contributed by atoms with E-state index in [4.69, 9.17) is 11.6 Å². The molecule has 1 atom stereocenters. The van der Waals surface area contributed by atoms with Crippen molar-refractivity contribution in [3.05, 3.63) is 64.7 Å². The van der Waals surface area contributed by atoms with Gasteiger partial charge in [-0.2, -0.15) is 0 Å². The van der Waals surface area contributed by atoms with E-state index in [1.807, 2.05) is 42.5 Å². The van der Waals surface area contributed by atoms with Crippen LogP contribution in [-0.2, 0) is 4.79 Å². The summed E-state index contributed by atoms with van der Waals surface area (Å²) < 4.78 is 0. The third-order valence-corrected chi connectivity index (χ3v) is 4.33. The summed E-state index contributed by atoms with van der Waals surface area (Å²) in [7, 11) is 0. The molecular weight excluding hydrogens is 310 g/mol. The van der Waals surface area contributed by atoms with Crippen LogP contribution in [0.4, 0.5) is 5.69 Å². The maximum atomic E-state index is 12.5. The summed E-state index contributed by atoms with van der Waals surface area (Å²) in [6.45, 7) is 0.632. The van der Waals surface area contributed by atoms with Crippen molar-refractivity contribution in [2.24, 2.45) is 5.92 Å². The zero-order valence-electron chi connectivity index (χ0n) is 12.6. The van der Waals surface area contributed by atoms with E-state index in [2.05, 4.69) is 5.32 Å². The molecule has 0 bridgehead atoms. The zero-order valence-corrected chi connectivity index (χ0v) is 13.4. The van der Waals surface area contributed by atoms with Crippen LogP contribution in [0.3, 0.4) is 0 Å². The van der Waals surface area contributed by atoms with Crippen LogP contribution in [0.25, 0.3) is 6.08 Å². The van der Waals surface area contributed by atoms with Gasteiger partial charge in [-0.15, -0.1) is 0 Å². The van der Waals surface area contributed by atoms with Crippen LogP contribution in [0, 0.1) is 5.92 Å². The first-order chi connectivity index (χ1) is 11.1. The number of Topliss-reactive ketones (excluding diaryl/α,β-unsaturated/α-hetero) is 1. The van der Waals surface area contributed by atoms with E-state index in [-0.39, 0.29) is 17.5 Å².